The number of aliphatic hydroxyl groups excluding tert-OH is 1. The van der Waals surface area contributed by atoms with Gasteiger partial charge >= 0.3 is 0 Å². The number of rotatable bonds is 5. The molecule has 0 aliphatic carbocycles. The minimum Gasteiger partial charge on any atom is -0.389 e. The van der Waals surface area contributed by atoms with Gasteiger partial charge in [-0.2, -0.15) is 0 Å². The first-order valence-electron chi connectivity index (χ1n) is 5.99. The largest absolute Gasteiger partial charge is 0.389 e. The molecule has 1 N–H and O–H groups in total. The number of benzene rings is 1. The number of aliphatic hydroxyl groups is 1. The summed E-state index contributed by atoms with van der Waals surface area (Å²) in [6, 6.07) is 9.94. The van der Waals surface area contributed by atoms with Crippen molar-refractivity contribution in [1.82, 2.24) is 0 Å². The summed E-state index contributed by atoms with van der Waals surface area (Å²) in [6.07, 6.45) is 4.57. The second-order valence-electron chi connectivity index (χ2n) is 4.09. The summed E-state index contributed by atoms with van der Waals surface area (Å²) in [7, 11) is 0. The lowest BCUT2D eigenvalue weighted by Crippen LogP contribution is -2.12. The van der Waals surface area contributed by atoms with Crippen LogP contribution in [0.5, 0.6) is 0 Å². The minimum absolute atomic E-state index is 0.130. The van der Waals surface area contributed by atoms with Crippen molar-refractivity contribution in [2.45, 2.75) is 25.2 Å². The van der Waals surface area contributed by atoms with E-state index in [-0.39, 0.29) is 6.29 Å². The van der Waals surface area contributed by atoms with Crippen molar-refractivity contribution < 1.29 is 14.6 Å². The van der Waals surface area contributed by atoms with E-state index in [2.05, 4.69) is 0 Å². The van der Waals surface area contributed by atoms with Crippen molar-refractivity contribution in [2.75, 3.05) is 13.2 Å². The summed E-state index contributed by atoms with van der Waals surface area (Å²) in [6.45, 7) is 1.33. The second kappa shape index (κ2) is 6.55. The molecule has 0 amide bonds. The molecule has 2 rings (SSSR count). The molecule has 1 heterocycles. The maximum Gasteiger partial charge on any atom is 0.157 e. The molecule has 3 nitrogen and oxygen atoms in total. The molecule has 1 saturated heterocycles. The maximum atomic E-state index is 9.77. The molecule has 3 heteroatoms. The summed E-state index contributed by atoms with van der Waals surface area (Å²) >= 11 is 0. The van der Waals surface area contributed by atoms with Gasteiger partial charge in [-0.15, -0.1) is 0 Å². The summed E-state index contributed by atoms with van der Waals surface area (Å²) in [5, 5.41) is 9.77. The van der Waals surface area contributed by atoms with Gasteiger partial charge in [0, 0.05) is 6.42 Å². The highest BCUT2D eigenvalue weighted by Crippen LogP contribution is 2.13. The number of hydrogen-bond donors (Lipinski definition) is 1. The molecule has 1 aromatic carbocycles. The third-order valence-corrected chi connectivity index (χ3v) is 2.70. The average Bonchev–Trinajstić information content (AvgIpc) is 2.88. The minimum atomic E-state index is -0.442. The van der Waals surface area contributed by atoms with Crippen LogP contribution in [0.2, 0.25) is 0 Å². The second-order valence-corrected chi connectivity index (χ2v) is 4.09. The van der Waals surface area contributed by atoms with Crippen LogP contribution in [0.25, 0.3) is 6.08 Å². The van der Waals surface area contributed by atoms with Gasteiger partial charge in [-0.05, 0) is 12.0 Å². The van der Waals surface area contributed by atoms with Crippen molar-refractivity contribution in [2.24, 2.45) is 0 Å². The van der Waals surface area contributed by atoms with E-state index in [0.29, 0.717) is 19.6 Å². The molecule has 0 aromatic heterocycles. The van der Waals surface area contributed by atoms with E-state index in [4.69, 9.17) is 9.47 Å². The van der Waals surface area contributed by atoms with Crippen molar-refractivity contribution in [1.29, 1.82) is 0 Å². The number of hydrogen-bond acceptors (Lipinski definition) is 3. The predicted molar refractivity (Wildman–Crippen MR) is 66.4 cm³/mol. The Morgan fingerprint density at radius 1 is 1.24 bits per heavy atom. The van der Waals surface area contributed by atoms with Gasteiger partial charge in [0.25, 0.3) is 0 Å². The third kappa shape index (κ3) is 4.30. The molecule has 0 bridgehead atoms. The van der Waals surface area contributed by atoms with Crippen molar-refractivity contribution in [3.8, 4) is 0 Å². The summed E-state index contributed by atoms with van der Waals surface area (Å²) in [4.78, 5) is 0. The molecule has 1 aliphatic rings. The monoisotopic (exact) mass is 234 g/mol. The van der Waals surface area contributed by atoms with Crippen LogP contribution in [0.1, 0.15) is 18.4 Å². The zero-order chi connectivity index (χ0) is 11.9. The van der Waals surface area contributed by atoms with Crippen LogP contribution in [0, 0.1) is 0 Å². The van der Waals surface area contributed by atoms with E-state index < -0.39 is 6.10 Å². The van der Waals surface area contributed by atoms with E-state index in [1.165, 1.54) is 0 Å². The fourth-order valence-corrected chi connectivity index (χ4v) is 1.76. The molecule has 0 saturated carbocycles. The highest BCUT2D eigenvalue weighted by molar-refractivity contribution is 5.49. The molecular weight excluding hydrogens is 216 g/mol. The molecule has 1 fully saturated rings. The van der Waals surface area contributed by atoms with Crippen LogP contribution in [0.3, 0.4) is 0 Å². The molecule has 1 aliphatic heterocycles. The summed E-state index contributed by atoms with van der Waals surface area (Å²) in [5.41, 5.74) is 1.10. The first kappa shape index (κ1) is 12.3. The normalized spacial score (nSPS) is 18.9. The lowest BCUT2D eigenvalue weighted by atomic mass is 10.1. The standard InChI is InChI=1S/C14H18O3/c15-13(8-9-14-16-10-11-17-14)7-6-12-4-2-1-3-5-12/h1-7,13-15H,8-11H2/b7-6+. The van der Waals surface area contributed by atoms with E-state index in [0.717, 1.165) is 12.0 Å². The third-order valence-electron chi connectivity index (χ3n) is 2.70. The Kier molecular flexibility index (Phi) is 4.74. The highest BCUT2D eigenvalue weighted by atomic mass is 16.7. The van der Waals surface area contributed by atoms with E-state index in [9.17, 15) is 5.11 Å². The quantitative estimate of drug-likeness (QED) is 0.849. The molecule has 1 unspecified atom stereocenters. The SMILES string of the molecule is OC(/C=C/c1ccccc1)CCC1OCCO1. The summed E-state index contributed by atoms with van der Waals surface area (Å²) in [5.74, 6) is 0. The topological polar surface area (TPSA) is 38.7 Å². The average molecular weight is 234 g/mol. The lowest BCUT2D eigenvalue weighted by Gasteiger charge is -2.10. The van der Waals surface area contributed by atoms with E-state index >= 15 is 0 Å². The van der Waals surface area contributed by atoms with Crippen LogP contribution in [-0.2, 0) is 9.47 Å². The zero-order valence-corrected chi connectivity index (χ0v) is 9.79. The van der Waals surface area contributed by atoms with Gasteiger partial charge in [0.05, 0.1) is 19.3 Å². The van der Waals surface area contributed by atoms with Crippen LogP contribution >= 0.6 is 0 Å². The van der Waals surface area contributed by atoms with E-state index in [1.807, 2.05) is 42.5 Å². The molecule has 1 aromatic rings. The van der Waals surface area contributed by atoms with Crippen molar-refractivity contribution >= 4 is 6.08 Å². The maximum absolute atomic E-state index is 9.77. The lowest BCUT2D eigenvalue weighted by molar-refractivity contribution is -0.0520. The molecule has 1 atom stereocenters. The molecule has 0 radical (unpaired) electrons. The molecule has 92 valence electrons. The Morgan fingerprint density at radius 3 is 2.65 bits per heavy atom. The van der Waals surface area contributed by atoms with Crippen LogP contribution in [-0.4, -0.2) is 30.7 Å². The van der Waals surface area contributed by atoms with Gasteiger partial charge in [0.1, 0.15) is 0 Å². The summed E-state index contributed by atoms with van der Waals surface area (Å²) < 4.78 is 10.6. The van der Waals surface area contributed by atoms with Gasteiger partial charge in [0.2, 0.25) is 0 Å². The highest BCUT2D eigenvalue weighted by Gasteiger charge is 2.16. The number of ether oxygens (including phenoxy) is 2. The van der Waals surface area contributed by atoms with E-state index in [1.54, 1.807) is 0 Å². The Balaban J connectivity index is 1.73. The van der Waals surface area contributed by atoms with Gasteiger partial charge in [-0.3, -0.25) is 0 Å². The van der Waals surface area contributed by atoms with Gasteiger partial charge < -0.3 is 14.6 Å². The van der Waals surface area contributed by atoms with Gasteiger partial charge in [-0.1, -0.05) is 42.5 Å². The van der Waals surface area contributed by atoms with Gasteiger partial charge in [0.15, 0.2) is 6.29 Å². The van der Waals surface area contributed by atoms with Crippen molar-refractivity contribution in [3.63, 3.8) is 0 Å². The fourth-order valence-electron chi connectivity index (χ4n) is 1.76. The van der Waals surface area contributed by atoms with Gasteiger partial charge in [-0.25, -0.2) is 0 Å². The Labute approximate surface area is 102 Å². The van der Waals surface area contributed by atoms with Crippen LogP contribution in [0.4, 0.5) is 0 Å². The fraction of sp³-hybridized carbons (Fsp3) is 0.429. The molecule has 0 spiro atoms. The van der Waals surface area contributed by atoms with Crippen LogP contribution in [0.15, 0.2) is 36.4 Å². The first-order valence-corrected chi connectivity index (χ1v) is 5.99. The smallest absolute Gasteiger partial charge is 0.157 e. The molecular formula is C14H18O3. The Hall–Kier alpha value is -1.16. The van der Waals surface area contributed by atoms with Crippen molar-refractivity contribution in [3.05, 3.63) is 42.0 Å². The Bertz CT molecular complexity index is 342. The first-order chi connectivity index (χ1) is 8.34. The predicted octanol–water partition coefficient (Wildman–Crippen LogP) is 2.21. The Morgan fingerprint density at radius 2 is 1.94 bits per heavy atom. The van der Waals surface area contributed by atoms with Crippen LogP contribution < -0.4 is 0 Å². The zero-order valence-electron chi connectivity index (χ0n) is 9.79. The molecule has 17 heavy (non-hydrogen) atoms.